The molecule has 1 aliphatic rings. The van der Waals surface area contributed by atoms with Crippen molar-refractivity contribution in [2.24, 2.45) is 4.99 Å². The molecule has 1 aromatic carbocycles. The van der Waals surface area contributed by atoms with Crippen molar-refractivity contribution in [3.05, 3.63) is 47.5 Å². The Morgan fingerprint density at radius 2 is 2.04 bits per heavy atom. The van der Waals surface area contributed by atoms with Gasteiger partial charge in [0.25, 0.3) is 10.0 Å². The fraction of sp³-hybridized carbons (Fsp3) is 0.278. The molecule has 0 spiro atoms. The molecule has 0 radical (unpaired) electrons. The molecule has 8 heteroatoms. The van der Waals surface area contributed by atoms with E-state index in [0.29, 0.717) is 9.90 Å². The van der Waals surface area contributed by atoms with Gasteiger partial charge in [0.15, 0.2) is 0 Å². The number of benzene rings is 1. The summed E-state index contributed by atoms with van der Waals surface area (Å²) < 4.78 is 27.5. The van der Waals surface area contributed by atoms with Crippen LogP contribution >= 0.6 is 23.1 Å². The summed E-state index contributed by atoms with van der Waals surface area (Å²) in [6.45, 7) is 5.12. The lowest BCUT2D eigenvalue weighted by molar-refractivity contribution is 0.596. The molecule has 0 amide bonds. The van der Waals surface area contributed by atoms with Gasteiger partial charge in [-0.15, -0.1) is 11.3 Å². The third-order valence-electron chi connectivity index (χ3n) is 4.29. The largest absolute Gasteiger partial charge is 0.351 e. The van der Waals surface area contributed by atoms with Gasteiger partial charge in [-0.25, -0.2) is 8.42 Å². The Morgan fingerprint density at radius 1 is 1.23 bits per heavy atom. The minimum Gasteiger partial charge on any atom is -0.351 e. The molecule has 3 aromatic rings. The van der Waals surface area contributed by atoms with Crippen molar-refractivity contribution < 1.29 is 8.42 Å². The number of H-pyrrole nitrogens is 1. The molecule has 2 aromatic heterocycles. The average molecular weight is 406 g/mol. The Morgan fingerprint density at radius 3 is 2.69 bits per heavy atom. The quantitative estimate of drug-likeness (QED) is 0.703. The molecule has 3 heterocycles. The zero-order valence-electron chi connectivity index (χ0n) is 14.7. The Hall–Kier alpha value is -1.77. The lowest BCUT2D eigenvalue weighted by Gasteiger charge is -2.19. The van der Waals surface area contributed by atoms with Crippen LogP contribution in [0.15, 0.2) is 51.0 Å². The number of anilines is 1. The second kappa shape index (κ2) is 6.14. The predicted molar refractivity (Wildman–Crippen MR) is 111 cm³/mol. The van der Waals surface area contributed by atoms with E-state index in [4.69, 9.17) is 0 Å². The van der Waals surface area contributed by atoms with E-state index in [0.717, 1.165) is 28.2 Å². The SMILES string of the molecule is CN(c1cccc2cc(C3=NCC(C)(C)S3)[nH]c12)S(=O)(=O)c1cccs1. The molecule has 4 rings (SSSR count). The van der Waals surface area contributed by atoms with Crippen LogP contribution in [0.1, 0.15) is 19.5 Å². The predicted octanol–water partition coefficient (Wildman–Crippen LogP) is 4.33. The number of fused-ring (bicyclic) bond motifs is 1. The van der Waals surface area contributed by atoms with Crippen LogP contribution in [0.25, 0.3) is 10.9 Å². The number of rotatable bonds is 4. The first-order valence-electron chi connectivity index (χ1n) is 8.16. The maximum atomic E-state index is 12.9. The first-order chi connectivity index (χ1) is 12.3. The lowest BCUT2D eigenvalue weighted by Crippen LogP contribution is -2.26. The fourth-order valence-corrected chi connectivity index (χ4v) is 6.29. The summed E-state index contributed by atoms with van der Waals surface area (Å²) in [6.07, 6.45) is 0. The van der Waals surface area contributed by atoms with Crippen molar-refractivity contribution in [3.8, 4) is 0 Å². The highest BCUT2D eigenvalue weighted by molar-refractivity contribution is 8.15. The Balaban J connectivity index is 1.77. The first kappa shape index (κ1) is 17.6. The molecule has 0 aliphatic carbocycles. The number of thiophene rings is 1. The molecule has 136 valence electrons. The molecule has 5 nitrogen and oxygen atoms in total. The van der Waals surface area contributed by atoms with Crippen LogP contribution in [0.3, 0.4) is 0 Å². The van der Waals surface area contributed by atoms with Gasteiger partial charge in [0.2, 0.25) is 0 Å². The van der Waals surface area contributed by atoms with Crippen molar-refractivity contribution in [2.45, 2.75) is 22.8 Å². The summed E-state index contributed by atoms with van der Waals surface area (Å²) in [5, 5.41) is 3.71. The van der Waals surface area contributed by atoms with Crippen molar-refractivity contribution in [3.63, 3.8) is 0 Å². The summed E-state index contributed by atoms with van der Waals surface area (Å²) in [5.41, 5.74) is 2.37. The lowest BCUT2D eigenvalue weighted by atomic mass is 10.2. The molecule has 26 heavy (non-hydrogen) atoms. The van der Waals surface area contributed by atoms with E-state index >= 15 is 0 Å². The monoisotopic (exact) mass is 405 g/mol. The standard InChI is InChI=1S/C18H19N3O2S3/c1-18(2)11-19-17(25-18)13-10-12-6-4-7-14(16(12)20-13)21(3)26(22,23)15-8-5-9-24-15/h4-10,20H,11H2,1-3H3. The van der Waals surface area contributed by atoms with Crippen molar-refractivity contribution in [1.29, 1.82) is 0 Å². The number of hydrogen-bond acceptors (Lipinski definition) is 5. The normalized spacial score (nSPS) is 16.8. The van der Waals surface area contributed by atoms with Crippen LogP contribution in [0.4, 0.5) is 5.69 Å². The third kappa shape index (κ3) is 2.95. The zero-order valence-corrected chi connectivity index (χ0v) is 17.1. The van der Waals surface area contributed by atoms with E-state index in [9.17, 15) is 8.42 Å². The number of hydrogen-bond donors (Lipinski definition) is 1. The molecular formula is C18H19N3O2S3. The van der Waals surface area contributed by atoms with Gasteiger partial charge in [-0.2, -0.15) is 0 Å². The van der Waals surface area contributed by atoms with E-state index in [1.807, 2.05) is 24.3 Å². The molecule has 0 saturated heterocycles. The van der Waals surface area contributed by atoms with Crippen LogP contribution in [-0.2, 0) is 10.0 Å². The average Bonchev–Trinajstić information content (AvgIpc) is 3.32. The zero-order chi connectivity index (χ0) is 18.5. The molecule has 0 bridgehead atoms. The van der Waals surface area contributed by atoms with Crippen molar-refractivity contribution in [1.82, 2.24) is 4.98 Å². The Bertz CT molecular complexity index is 1100. The second-order valence-corrected chi connectivity index (χ2v) is 11.7. The highest BCUT2D eigenvalue weighted by atomic mass is 32.2. The molecule has 0 atom stereocenters. The fourth-order valence-electron chi connectivity index (χ4n) is 2.92. The van der Waals surface area contributed by atoms with Gasteiger partial charge in [0, 0.05) is 17.2 Å². The molecular weight excluding hydrogens is 386 g/mol. The smallest absolute Gasteiger partial charge is 0.273 e. The highest BCUT2D eigenvalue weighted by Crippen LogP contribution is 2.37. The third-order valence-corrected chi connectivity index (χ3v) is 8.66. The van der Waals surface area contributed by atoms with Crippen molar-refractivity contribution in [2.75, 3.05) is 17.9 Å². The van der Waals surface area contributed by atoms with E-state index in [1.165, 1.54) is 15.6 Å². The van der Waals surface area contributed by atoms with E-state index in [1.54, 1.807) is 36.3 Å². The van der Waals surface area contributed by atoms with Crippen molar-refractivity contribution >= 4 is 54.8 Å². The molecule has 0 unspecified atom stereocenters. The van der Waals surface area contributed by atoms with Gasteiger partial charge >= 0.3 is 0 Å². The highest BCUT2D eigenvalue weighted by Gasteiger charge is 2.29. The van der Waals surface area contributed by atoms with Crippen LogP contribution in [0, 0.1) is 0 Å². The van der Waals surface area contributed by atoms with Gasteiger partial charge in [0.1, 0.15) is 9.25 Å². The summed E-state index contributed by atoms with van der Waals surface area (Å²) >= 11 is 2.96. The Kier molecular flexibility index (Phi) is 4.17. The summed E-state index contributed by atoms with van der Waals surface area (Å²) in [4.78, 5) is 8.02. The maximum Gasteiger partial charge on any atom is 0.273 e. The van der Waals surface area contributed by atoms with Crippen LogP contribution in [-0.4, -0.2) is 36.8 Å². The van der Waals surface area contributed by atoms with E-state index < -0.39 is 10.0 Å². The van der Waals surface area contributed by atoms with E-state index in [-0.39, 0.29) is 4.75 Å². The molecule has 0 saturated carbocycles. The molecule has 0 fully saturated rings. The number of aromatic amines is 1. The van der Waals surface area contributed by atoms with Gasteiger partial charge in [-0.05, 0) is 37.4 Å². The van der Waals surface area contributed by atoms with Crippen LogP contribution in [0.5, 0.6) is 0 Å². The minimum absolute atomic E-state index is 0.0920. The number of thioether (sulfide) groups is 1. The molecule has 1 aliphatic heterocycles. The van der Waals surface area contributed by atoms with Crippen LogP contribution in [0.2, 0.25) is 0 Å². The maximum absolute atomic E-state index is 12.9. The summed E-state index contributed by atoms with van der Waals surface area (Å²) in [5.74, 6) is 0. The summed E-state index contributed by atoms with van der Waals surface area (Å²) in [6, 6.07) is 11.1. The number of para-hydroxylation sites is 1. The summed E-state index contributed by atoms with van der Waals surface area (Å²) in [7, 11) is -1.98. The first-order valence-corrected chi connectivity index (χ1v) is 11.3. The molecule has 1 N–H and O–H groups in total. The van der Waals surface area contributed by atoms with Gasteiger partial charge in [0.05, 0.1) is 23.4 Å². The number of nitrogens with zero attached hydrogens (tertiary/aromatic N) is 2. The van der Waals surface area contributed by atoms with Gasteiger partial charge in [-0.3, -0.25) is 9.30 Å². The van der Waals surface area contributed by atoms with Gasteiger partial charge in [-0.1, -0.05) is 30.0 Å². The second-order valence-electron chi connectivity index (χ2n) is 6.81. The number of aliphatic imine (C=N–C) groups is 1. The Labute approximate surface area is 161 Å². The van der Waals surface area contributed by atoms with Gasteiger partial charge < -0.3 is 4.98 Å². The minimum atomic E-state index is -3.57. The number of sulfonamides is 1. The van der Waals surface area contributed by atoms with Crippen LogP contribution < -0.4 is 4.31 Å². The number of nitrogens with one attached hydrogen (secondary N) is 1. The van der Waals surface area contributed by atoms with E-state index in [2.05, 4.69) is 23.8 Å². The number of aromatic nitrogens is 1. The topological polar surface area (TPSA) is 65.5 Å².